The van der Waals surface area contributed by atoms with Gasteiger partial charge in [-0.1, -0.05) is 32.9 Å². The van der Waals surface area contributed by atoms with E-state index in [2.05, 4.69) is 5.32 Å². The van der Waals surface area contributed by atoms with Crippen molar-refractivity contribution in [3.05, 3.63) is 42.2 Å². The van der Waals surface area contributed by atoms with Crippen molar-refractivity contribution in [2.24, 2.45) is 5.41 Å². The molecule has 0 unspecified atom stereocenters. The highest BCUT2D eigenvalue weighted by molar-refractivity contribution is 5.96. The number of anilines is 1. The molecule has 0 atom stereocenters. The number of carbonyl (C=O) groups excluding carboxylic acids is 1. The fourth-order valence-electron chi connectivity index (χ4n) is 1.81. The highest BCUT2D eigenvalue weighted by atomic mass is 19.1. The maximum absolute atomic E-state index is 13.4. The van der Waals surface area contributed by atoms with Gasteiger partial charge in [0, 0.05) is 5.41 Å². The van der Waals surface area contributed by atoms with Gasteiger partial charge in [-0.25, -0.2) is 4.39 Å². The quantitative estimate of drug-likeness (QED) is 0.737. The largest absolute Gasteiger partial charge is 0.506 e. The molecule has 0 aliphatic rings. The van der Waals surface area contributed by atoms with Crippen LogP contribution in [0.2, 0.25) is 0 Å². The zero-order valence-electron chi connectivity index (χ0n) is 12.6. The van der Waals surface area contributed by atoms with E-state index in [-0.39, 0.29) is 17.3 Å². The molecule has 0 spiro atoms. The summed E-state index contributed by atoms with van der Waals surface area (Å²) in [6.45, 7) is 5.29. The van der Waals surface area contributed by atoms with Crippen LogP contribution in [0.3, 0.4) is 0 Å². The Morgan fingerprint density at radius 2 is 1.55 bits per heavy atom. The summed E-state index contributed by atoms with van der Waals surface area (Å²) in [5.74, 6) is -1.47. The summed E-state index contributed by atoms with van der Waals surface area (Å²) in [7, 11) is 0. The van der Waals surface area contributed by atoms with Crippen molar-refractivity contribution >= 4 is 11.6 Å². The minimum absolute atomic E-state index is 0.0689. The van der Waals surface area contributed by atoms with Gasteiger partial charge in [0.05, 0.1) is 5.69 Å². The Bertz CT molecular complexity index is 720. The van der Waals surface area contributed by atoms with Gasteiger partial charge in [0.25, 0.3) is 0 Å². The van der Waals surface area contributed by atoms with E-state index in [0.717, 1.165) is 0 Å². The van der Waals surface area contributed by atoms with Gasteiger partial charge in [0.2, 0.25) is 5.91 Å². The van der Waals surface area contributed by atoms with Crippen LogP contribution in [0, 0.1) is 11.2 Å². The van der Waals surface area contributed by atoms with Crippen LogP contribution in [-0.4, -0.2) is 16.1 Å². The molecule has 0 aliphatic heterocycles. The number of halogens is 1. The maximum Gasteiger partial charge on any atom is 0.229 e. The highest BCUT2D eigenvalue weighted by Crippen LogP contribution is 2.32. The summed E-state index contributed by atoms with van der Waals surface area (Å²) in [5.41, 5.74) is 0.793. The first-order valence-electron chi connectivity index (χ1n) is 6.82. The van der Waals surface area contributed by atoms with Crippen LogP contribution in [0.5, 0.6) is 11.5 Å². The van der Waals surface area contributed by atoms with Crippen LogP contribution in [0.25, 0.3) is 11.1 Å². The summed E-state index contributed by atoms with van der Waals surface area (Å²) in [6.07, 6.45) is 0. The van der Waals surface area contributed by atoms with Crippen LogP contribution < -0.4 is 5.32 Å². The lowest BCUT2D eigenvalue weighted by Crippen LogP contribution is -2.27. The van der Waals surface area contributed by atoms with Crippen molar-refractivity contribution in [2.75, 3.05) is 5.32 Å². The summed E-state index contributed by atoms with van der Waals surface area (Å²) in [5, 5.41) is 21.7. The third-order valence-corrected chi connectivity index (χ3v) is 3.21. The lowest BCUT2D eigenvalue weighted by Gasteiger charge is -2.18. The molecule has 0 aromatic heterocycles. The number of amides is 1. The molecular weight excluding hydrogens is 285 g/mol. The molecule has 2 rings (SSSR count). The van der Waals surface area contributed by atoms with Crippen LogP contribution in [0.4, 0.5) is 10.1 Å². The molecule has 4 nitrogen and oxygen atoms in total. The van der Waals surface area contributed by atoms with E-state index >= 15 is 0 Å². The zero-order chi connectivity index (χ0) is 16.5. The van der Waals surface area contributed by atoms with E-state index in [1.54, 1.807) is 39.0 Å². The normalized spacial score (nSPS) is 11.3. The smallest absolute Gasteiger partial charge is 0.229 e. The molecule has 116 valence electrons. The fraction of sp³-hybridized carbons (Fsp3) is 0.235. The minimum atomic E-state index is -0.731. The monoisotopic (exact) mass is 303 g/mol. The zero-order valence-corrected chi connectivity index (χ0v) is 12.6. The number of aromatic hydroxyl groups is 2. The predicted octanol–water partition coefficient (Wildman–Crippen LogP) is 3.89. The number of hydrogen-bond donors (Lipinski definition) is 3. The maximum atomic E-state index is 13.4. The van der Waals surface area contributed by atoms with Crippen molar-refractivity contribution in [3.8, 4) is 22.6 Å². The summed E-state index contributed by atoms with van der Waals surface area (Å²) in [4.78, 5) is 12.0. The van der Waals surface area contributed by atoms with E-state index in [9.17, 15) is 19.4 Å². The highest BCUT2D eigenvalue weighted by Gasteiger charge is 2.22. The van der Waals surface area contributed by atoms with Crippen LogP contribution >= 0.6 is 0 Å². The van der Waals surface area contributed by atoms with Crippen molar-refractivity contribution in [1.29, 1.82) is 0 Å². The number of phenolic OH excluding ortho intramolecular Hbond substituents is 2. The molecule has 22 heavy (non-hydrogen) atoms. The number of phenols is 2. The molecule has 0 bridgehead atoms. The second kappa shape index (κ2) is 5.67. The molecule has 3 N–H and O–H groups in total. The average Bonchev–Trinajstić information content (AvgIpc) is 2.43. The van der Waals surface area contributed by atoms with Gasteiger partial charge < -0.3 is 15.5 Å². The molecule has 0 heterocycles. The SMILES string of the molecule is CC(C)(C)C(=O)Nc1cc(-c2ccc(O)c(F)c2)ccc1O. The number of nitrogens with one attached hydrogen (secondary N) is 1. The lowest BCUT2D eigenvalue weighted by atomic mass is 9.95. The molecular formula is C17H18FNO3. The van der Waals surface area contributed by atoms with Crippen molar-refractivity contribution in [3.63, 3.8) is 0 Å². The van der Waals surface area contributed by atoms with Gasteiger partial charge in [-0.3, -0.25) is 4.79 Å². The molecule has 0 radical (unpaired) electrons. The molecule has 0 saturated carbocycles. The first-order chi connectivity index (χ1) is 10.2. The number of hydrogen-bond acceptors (Lipinski definition) is 3. The standard InChI is InChI=1S/C17H18FNO3/c1-17(2,3)16(22)19-13-9-11(5-7-15(13)21)10-4-6-14(20)12(18)8-10/h4-9,20-21H,1-3H3,(H,19,22). The van der Waals surface area contributed by atoms with Gasteiger partial charge in [0.15, 0.2) is 11.6 Å². The van der Waals surface area contributed by atoms with Gasteiger partial charge in [-0.2, -0.15) is 0 Å². The van der Waals surface area contributed by atoms with E-state index in [1.165, 1.54) is 18.2 Å². The third-order valence-electron chi connectivity index (χ3n) is 3.21. The Hall–Kier alpha value is -2.56. The van der Waals surface area contributed by atoms with Gasteiger partial charge in [-0.15, -0.1) is 0 Å². The number of carbonyl (C=O) groups is 1. The predicted molar refractivity (Wildman–Crippen MR) is 83.3 cm³/mol. The van der Waals surface area contributed by atoms with E-state index in [0.29, 0.717) is 11.1 Å². The molecule has 2 aromatic rings. The van der Waals surface area contributed by atoms with Crippen LogP contribution in [-0.2, 0) is 4.79 Å². The molecule has 0 saturated heterocycles. The van der Waals surface area contributed by atoms with Gasteiger partial charge in [-0.05, 0) is 35.4 Å². The van der Waals surface area contributed by atoms with Gasteiger partial charge >= 0.3 is 0 Å². The van der Waals surface area contributed by atoms with Crippen LogP contribution in [0.1, 0.15) is 20.8 Å². The minimum Gasteiger partial charge on any atom is -0.506 e. The van der Waals surface area contributed by atoms with Crippen LogP contribution in [0.15, 0.2) is 36.4 Å². The Morgan fingerprint density at radius 1 is 1.00 bits per heavy atom. The second-order valence-electron chi connectivity index (χ2n) is 6.10. The molecule has 0 aliphatic carbocycles. The molecule has 0 fully saturated rings. The Balaban J connectivity index is 2.38. The molecule has 2 aromatic carbocycles. The van der Waals surface area contributed by atoms with E-state index < -0.39 is 17.0 Å². The summed E-state index contributed by atoms with van der Waals surface area (Å²) < 4.78 is 13.4. The third kappa shape index (κ3) is 3.36. The van der Waals surface area contributed by atoms with E-state index in [4.69, 9.17) is 0 Å². The van der Waals surface area contributed by atoms with Crippen molar-refractivity contribution < 1.29 is 19.4 Å². The fourth-order valence-corrected chi connectivity index (χ4v) is 1.81. The summed E-state index contributed by atoms with van der Waals surface area (Å²) in [6, 6.07) is 8.60. The first kappa shape index (κ1) is 15.8. The Kier molecular flexibility index (Phi) is 4.08. The van der Waals surface area contributed by atoms with Gasteiger partial charge in [0.1, 0.15) is 5.75 Å². The second-order valence-corrected chi connectivity index (χ2v) is 6.10. The number of benzene rings is 2. The first-order valence-corrected chi connectivity index (χ1v) is 6.82. The Labute approximate surface area is 128 Å². The summed E-state index contributed by atoms with van der Waals surface area (Å²) >= 11 is 0. The average molecular weight is 303 g/mol. The van der Waals surface area contributed by atoms with E-state index in [1.807, 2.05) is 0 Å². The lowest BCUT2D eigenvalue weighted by molar-refractivity contribution is -0.123. The number of rotatable bonds is 2. The molecule has 1 amide bonds. The van der Waals surface area contributed by atoms with Crippen molar-refractivity contribution in [2.45, 2.75) is 20.8 Å². The Morgan fingerprint density at radius 3 is 2.09 bits per heavy atom. The van der Waals surface area contributed by atoms with Crippen molar-refractivity contribution in [1.82, 2.24) is 0 Å². The topological polar surface area (TPSA) is 69.6 Å². The molecule has 5 heteroatoms.